The third kappa shape index (κ3) is 2.86. The number of amides is 1. The predicted molar refractivity (Wildman–Crippen MR) is 77.8 cm³/mol. The Balaban J connectivity index is 1.61. The molecule has 0 saturated carbocycles. The topological polar surface area (TPSA) is 41.4 Å². The maximum atomic E-state index is 12.5. The van der Waals surface area contributed by atoms with Gasteiger partial charge in [-0.3, -0.25) is 9.69 Å². The summed E-state index contributed by atoms with van der Waals surface area (Å²) in [6, 6.07) is 0. The standard InChI is InChI=1S/C15H22F2N4O/c1-15(20-6-2-3-7-20)4-8-19(9-5-15)13(22)12-10-18-21(11-12)14(16)17/h10-11,14H,2-9H2,1H3. The zero-order valence-electron chi connectivity index (χ0n) is 12.8. The van der Waals surface area contributed by atoms with Crippen LogP contribution in [0.25, 0.3) is 0 Å². The van der Waals surface area contributed by atoms with Crippen molar-refractivity contribution in [2.45, 2.75) is 44.7 Å². The molecule has 3 rings (SSSR count). The molecule has 0 radical (unpaired) electrons. The van der Waals surface area contributed by atoms with E-state index in [0.29, 0.717) is 17.8 Å². The summed E-state index contributed by atoms with van der Waals surface area (Å²) in [5.74, 6) is -0.199. The van der Waals surface area contributed by atoms with Crippen LogP contribution >= 0.6 is 0 Å². The van der Waals surface area contributed by atoms with E-state index in [1.54, 1.807) is 4.90 Å². The average molecular weight is 312 g/mol. The van der Waals surface area contributed by atoms with Crippen LogP contribution in [-0.4, -0.2) is 57.2 Å². The summed E-state index contributed by atoms with van der Waals surface area (Å²) in [5, 5.41) is 3.53. The van der Waals surface area contributed by atoms with Crippen molar-refractivity contribution >= 4 is 5.91 Å². The Morgan fingerprint density at radius 2 is 1.86 bits per heavy atom. The third-order valence-corrected chi connectivity index (χ3v) is 5.05. The van der Waals surface area contributed by atoms with Crippen LogP contribution in [0.4, 0.5) is 8.78 Å². The Morgan fingerprint density at radius 3 is 2.41 bits per heavy atom. The van der Waals surface area contributed by atoms with Crippen LogP contribution in [0, 0.1) is 0 Å². The molecule has 1 aromatic rings. The molecule has 0 atom stereocenters. The van der Waals surface area contributed by atoms with Gasteiger partial charge in [0, 0.05) is 24.8 Å². The molecule has 0 spiro atoms. The average Bonchev–Trinajstić information content (AvgIpc) is 3.19. The normalized spacial score (nSPS) is 22.5. The summed E-state index contributed by atoms with van der Waals surface area (Å²) in [7, 11) is 0. The lowest BCUT2D eigenvalue weighted by Crippen LogP contribution is -2.53. The van der Waals surface area contributed by atoms with Crippen LogP contribution in [-0.2, 0) is 0 Å². The van der Waals surface area contributed by atoms with Gasteiger partial charge in [-0.25, -0.2) is 4.68 Å². The first-order valence-corrected chi connectivity index (χ1v) is 7.86. The fourth-order valence-corrected chi connectivity index (χ4v) is 3.50. The Morgan fingerprint density at radius 1 is 1.23 bits per heavy atom. The summed E-state index contributed by atoms with van der Waals surface area (Å²) in [5.41, 5.74) is 0.408. The molecule has 2 saturated heterocycles. The van der Waals surface area contributed by atoms with Crippen molar-refractivity contribution in [1.82, 2.24) is 19.6 Å². The number of halogens is 2. The Labute approximate surface area is 128 Å². The molecular formula is C15H22F2N4O. The van der Waals surface area contributed by atoms with Crippen molar-refractivity contribution in [2.75, 3.05) is 26.2 Å². The number of hydrogen-bond donors (Lipinski definition) is 0. The van der Waals surface area contributed by atoms with Crippen LogP contribution in [0.1, 0.15) is 49.5 Å². The molecule has 7 heteroatoms. The van der Waals surface area contributed by atoms with E-state index >= 15 is 0 Å². The zero-order valence-corrected chi connectivity index (χ0v) is 12.8. The first kappa shape index (κ1) is 15.4. The van der Waals surface area contributed by atoms with Gasteiger partial charge in [0.15, 0.2) is 0 Å². The lowest BCUT2D eigenvalue weighted by Gasteiger charge is -2.45. The van der Waals surface area contributed by atoms with E-state index in [0.717, 1.165) is 32.1 Å². The minimum atomic E-state index is -2.71. The number of alkyl halides is 2. The Bertz CT molecular complexity index is 531. The number of carbonyl (C=O) groups excluding carboxylic acids is 1. The molecule has 22 heavy (non-hydrogen) atoms. The second-order valence-electron chi connectivity index (χ2n) is 6.47. The van der Waals surface area contributed by atoms with E-state index in [9.17, 15) is 13.6 Å². The van der Waals surface area contributed by atoms with Gasteiger partial charge in [0.05, 0.1) is 11.8 Å². The Hall–Kier alpha value is -1.50. The van der Waals surface area contributed by atoms with Gasteiger partial charge in [-0.15, -0.1) is 0 Å². The van der Waals surface area contributed by atoms with Gasteiger partial charge >= 0.3 is 6.55 Å². The molecule has 0 unspecified atom stereocenters. The van der Waals surface area contributed by atoms with Crippen LogP contribution < -0.4 is 0 Å². The monoisotopic (exact) mass is 312 g/mol. The molecule has 0 aliphatic carbocycles. The third-order valence-electron chi connectivity index (χ3n) is 5.05. The minimum Gasteiger partial charge on any atom is -0.338 e. The molecule has 122 valence electrons. The number of rotatable bonds is 3. The number of carbonyl (C=O) groups is 1. The number of piperidine rings is 1. The summed E-state index contributed by atoms with van der Waals surface area (Å²) >= 11 is 0. The fourth-order valence-electron chi connectivity index (χ4n) is 3.50. The maximum Gasteiger partial charge on any atom is 0.333 e. The maximum absolute atomic E-state index is 12.5. The van der Waals surface area contributed by atoms with E-state index in [4.69, 9.17) is 0 Å². The first-order chi connectivity index (χ1) is 10.5. The number of likely N-dealkylation sites (tertiary alicyclic amines) is 2. The first-order valence-electron chi connectivity index (χ1n) is 7.86. The highest BCUT2D eigenvalue weighted by Crippen LogP contribution is 2.32. The van der Waals surface area contributed by atoms with Crippen molar-refractivity contribution in [3.05, 3.63) is 18.0 Å². The number of aromatic nitrogens is 2. The van der Waals surface area contributed by atoms with Gasteiger partial charge in [-0.2, -0.15) is 13.9 Å². The largest absolute Gasteiger partial charge is 0.338 e. The van der Waals surface area contributed by atoms with E-state index in [-0.39, 0.29) is 17.0 Å². The molecule has 3 heterocycles. The quantitative estimate of drug-likeness (QED) is 0.860. The molecule has 0 aromatic carbocycles. The molecule has 1 aromatic heterocycles. The fraction of sp³-hybridized carbons (Fsp3) is 0.733. The summed E-state index contributed by atoms with van der Waals surface area (Å²) in [4.78, 5) is 16.7. The van der Waals surface area contributed by atoms with Gasteiger partial charge in [0.2, 0.25) is 0 Å². The van der Waals surface area contributed by atoms with Gasteiger partial charge in [0.1, 0.15) is 0 Å². The highest BCUT2D eigenvalue weighted by molar-refractivity contribution is 5.93. The molecule has 5 nitrogen and oxygen atoms in total. The predicted octanol–water partition coefficient (Wildman–Crippen LogP) is 2.37. The SMILES string of the molecule is CC1(N2CCCC2)CCN(C(=O)c2cnn(C(F)F)c2)CC1. The summed E-state index contributed by atoms with van der Waals surface area (Å²) in [6.07, 6.45) is 6.73. The number of nitrogens with zero attached hydrogens (tertiary/aromatic N) is 4. The number of hydrogen-bond acceptors (Lipinski definition) is 3. The van der Waals surface area contributed by atoms with E-state index in [2.05, 4.69) is 16.9 Å². The lowest BCUT2D eigenvalue weighted by atomic mass is 9.87. The van der Waals surface area contributed by atoms with Crippen molar-refractivity contribution in [2.24, 2.45) is 0 Å². The molecule has 1 amide bonds. The van der Waals surface area contributed by atoms with Gasteiger partial charge in [0.25, 0.3) is 5.91 Å². The summed E-state index contributed by atoms with van der Waals surface area (Å²) < 4.78 is 25.6. The molecule has 2 aliphatic heterocycles. The minimum absolute atomic E-state index is 0.167. The molecule has 0 N–H and O–H groups in total. The van der Waals surface area contributed by atoms with Gasteiger partial charge < -0.3 is 4.90 Å². The van der Waals surface area contributed by atoms with E-state index in [1.807, 2.05) is 0 Å². The summed E-state index contributed by atoms with van der Waals surface area (Å²) in [6.45, 7) is 3.20. The lowest BCUT2D eigenvalue weighted by molar-refractivity contribution is 0.0404. The van der Waals surface area contributed by atoms with Crippen LogP contribution in [0.15, 0.2) is 12.4 Å². The van der Waals surface area contributed by atoms with Crippen LogP contribution in [0.2, 0.25) is 0 Å². The molecular weight excluding hydrogens is 290 g/mol. The van der Waals surface area contributed by atoms with Crippen LogP contribution in [0.5, 0.6) is 0 Å². The van der Waals surface area contributed by atoms with Crippen molar-refractivity contribution in [1.29, 1.82) is 0 Å². The van der Waals surface area contributed by atoms with E-state index in [1.165, 1.54) is 19.0 Å². The molecule has 0 bridgehead atoms. The van der Waals surface area contributed by atoms with Crippen molar-refractivity contribution in [3.8, 4) is 0 Å². The molecule has 2 aliphatic rings. The second-order valence-corrected chi connectivity index (χ2v) is 6.47. The van der Waals surface area contributed by atoms with Gasteiger partial charge in [-0.05, 0) is 45.7 Å². The smallest absolute Gasteiger partial charge is 0.333 e. The highest BCUT2D eigenvalue weighted by Gasteiger charge is 2.38. The van der Waals surface area contributed by atoms with Crippen molar-refractivity contribution in [3.63, 3.8) is 0 Å². The Kier molecular flexibility index (Phi) is 4.16. The zero-order chi connectivity index (χ0) is 15.7. The highest BCUT2D eigenvalue weighted by atomic mass is 19.3. The van der Waals surface area contributed by atoms with Gasteiger partial charge in [-0.1, -0.05) is 0 Å². The second kappa shape index (κ2) is 5.95. The van der Waals surface area contributed by atoms with Crippen molar-refractivity contribution < 1.29 is 13.6 Å². The van der Waals surface area contributed by atoms with E-state index < -0.39 is 6.55 Å². The molecule has 2 fully saturated rings. The van der Waals surface area contributed by atoms with Crippen LogP contribution in [0.3, 0.4) is 0 Å².